The lowest BCUT2D eigenvalue weighted by molar-refractivity contribution is -0.155. The number of pyridine rings is 1. The topological polar surface area (TPSA) is 82.5 Å². The molecule has 20 heavy (non-hydrogen) atoms. The van der Waals surface area contributed by atoms with Gasteiger partial charge in [-0.1, -0.05) is 13.0 Å². The van der Waals surface area contributed by atoms with Crippen LogP contribution in [0.4, 0.5) is 5.69 Å². The van der Waals surface area contributed by atoms with Gasteiger partial charge in [0.15, 0.2) is 5.60 Å². The fourth-order valence-electron chi connectivity index (χ4n) is 1.91. The van der Waals surface area contributed by atoms with Crippen molar-refractivity contribution in [2.24, 2.45) is 0 Å². The average molecular weight is 274 g/mol. The summed E-state index contributed by atoms with van der Waals surface area (Å²) in [5.41, 5.74) is 0.977. The number of fused-ring (bicyclic) bond motifs is 1. The second-order valence-electron chi connectivity index (χ2n) is 5.00. The summed E-state index contributed by atoms with van der Waals surface area (Å²) in [6.07, 6.45) is 2.57. The third-order valence-corrected chi connectivity index (χ3v) is 3.30. The molecule has 0 spiro atoms. The minimum Gasteiger partial charge on any atom is -0.479 e. The maximum absolute atomic E-state index is 10.9. The van der Waals surface area contributed by atoms with E-state index in [2.05, 4.69) is 17.2 Å². The molecular weight excluding hydrogens is 256 g/mol. The summed E-state index contributed by atoms with van der Waals surface area (Å²) >= 11 is 0. The van der Waals surface area contributed by atoms with E-state index in [-0.39, 0.29) is 6.54 Å². The van der Waals surface area contributed by atoms with Gasteiger partial charge < -0.3 is 15.5 Å². The molecule has 2 aromatic rings. The van der Waals surface area contributed by atoms with Crippen molar-refractivity contribution in [1.29, 1.82) is 0 Å². The molecule has 1 aromatic heterocycles. The molecule has 106 valence electrons. The van der Waals surface area contributed by atoms with Crippen LogP contribution in [0.15, 0.2) is 30.5 Å². The van der Waals surface area contributed by atoms with Crippen LogP contribution in [0.25, 0.3) is 10.9 Å². The van der Waals surface area contributed by atoms with Crippen LogP contribution in [0.1, 0.15) is 19.4 Å². The molecule has 5 nitrogen and oxygen atoms in total. The van der Waals surface area contributed by atoms with Crippen LogP contribution in [0.2, 0.25) is 0 Å². The molecule has 0 saturated heterocycles. The summed E-state index contributed by atoms with van der Waals surface area (Å²) in [7, 11) is 0. The van der Waals surface area contributed by atoms with Gasteiger partial charge in [0.05, 0.1) is 12.1 Å². The third kappa shape index (κ3) is 2.88. The molecule has 0 aliphatic carbocycles. The molecule has 0 fully saturated rings. The lowest BCUT2D eigenvalue weighted by atomic mass is 10.1. The minimum atomic E-state index is -1.81. The Labute approximate surface area is 117 Å². The number of aliphatic hydroxyl groups is 1. The Kier molecular flexibility index (Phi) is 3.90. The molecule has 1 atom stereocenters. The normalized spacial score (nSPS) is 13.9. The Bertz CT molecular complexity index is 638. The van der Waals surface area contributed by atoms with E-state index in [4.69, 9.17) is 5.11 Å². The van der Waals surface area contributed by atoms with Gasteiger partial charge in [-0.15, -0.1) is 0 Å². The first-order chi connectivity index (χ1) is 9.44. The van der Waals surface area contributed by atoms with Gasteiger partial charge in [0.25, 0.3) is 0 Å². The summed E-state index contributed by atoms with van der Waals surface area (Å²) in [5, 5.41) is 22.6. The predicted octanol–water partition coefficient (Wildman–Crippen LogP) is 2.04. The zero-order valence-corrected chi connectivity index (χ0v) is 11.6. The second kappa shape index (κ2) is 5.46. The van der Waals surface area contributed by atoms with E-state index in [1.54, 1.807) is 12.3 Å². The number of carboxylic acids is 1. The van der Waals surface area contributed by atoms with E-state index in [1.807, 2.05) is 18.2 Å². The highest BCUT2D eigenvalue weighted by Crippen LogP contribution is 2.23. The molecular formula is C15H18N2O3. The Morgan fingerprint density at radius 3 is 2.80 bits per heavy atom. The smallest absolute Gasteiger partial charge is 0.337 e. The van der Waals surface area contributed by atoms with Crippen molar-refractivity contribution in [1.82, 2.24) is 4.98 Å². The predicted molar refractivity (Wildman–Crippen MR) is 77.9 cm³/mol. The maximum atomic E-state index is 10.9. The maximum Gasteiger partial charge on any atom is 0.337 e. The van der Waals surface area contributed by atoms with Crippen molar-refractivity contribution in [3.63, 3.8) is 0 Å². The van der Waals surface area contributed by atoms with Gasteiger partial charge in [0.1, 0.15) is 0 Å². The van der Waals surface area contributed by atoms with E-state index in [1.165, 1.54) is 12.5 Å². The number of carbonyl (C=O) groups is 1. The Hall–Kier alpha value is -2.14. The number of hydrogen-bond donors (Lipinski definition) is 3. The van der Waals surface area contributed by atoms with Gasteiger partial charge in [0, 0.05) is 17.3 Å². The average Bonchev–Trinajstić information content (AvgIpc) is 2.44. The molecule has 0 bridgehead atoms. The van der Waals surface area contributed by atoms with Gasteiger partial charge in [-0.05, 0) is 37.1 Å². The van der Waals surface area contributed by atoms with Gasteiger partial charge in [-0.3, -0.25) is 4.98 Å². The molecule has 0 aliphatic rings. The van der Waals surface area contributed by atoms with E-state index in [9.17, 15) is 9.90 Å². The van der Waals surface area contributed by atoms with Crippen LogP contribution >= 0.6 is 0 Å². The van der Waals surface area contributed by atoms with Crippen molar-refractivity contribution in [3.05, 3.63) is 36.0 Å². The first-order valence-corrected chi connectivity index (χ1v) is 6.51. The summed E-state index contributed by atoms with van der Waals surface area (Å²) < 4.78 is 0. The quantitative estimate of drug-likeness (QED) is 0.777. The summed E-state index contributed by atoms with van der Waals surface area (Å²) in [6, 6.07) is 7.76. The van der Waals surface area contributed by atoms with Crippen LogP contribution in [-0.2, 0) is 11.2 Å². The molecule has 0 amide bonds. The molecule has 0 radical (unpaired) electrons. The zero-order chi connectivity index (χ0) is 14.8. The second-order valence-corrected chi connectivity index (χ2v) is 5.00. The molecule has 1 unspecified atom stereocenters. The SMILES string of the molecule is CCc1ccc2nccc(NCC(C)(O)C(=O)O)c2c1. The first-order valence-electron chi connectivity index (χ1n) is 6.51. The highest BCUT2D eigenvalue weighted by molar-refractivity contribution is 5.91. The number of aliphatic carboxylic acids is 1. The summed E-state index contributed by atoms with van der Waals surface area (Å²) in [6.45, 7) is 3.26. The van der Waals surface area contributed by atoms with Crippen LogP contribution in [0.3, 0.4) is 0 Å². The van der Waals surface area contributed by atoms with Crippen molar-refractivity contribution in [2.45, 2.75) is 25.9 Å². The lowest BCUT2D eigenvalue weighted by Crippen LogP contribution is -2.41. The zero-order valence-electron chi connectivity index (χ0n) is 11.6. The van der Waals surface area contributed by atoms with Crippen molar-refractivity contribution >= 4 is 22.6 Å². The number of carboxylic acid groups (broad SMARTS) is 1. The van der Waals surface area contributed by atoms with E-state index < -0.39 is 11.6 Å². The Balaban J connectivity index is 2.32. The largest absolute Gasteiger partial charge is 0.479 e. The van der Waals surface area contributed by atoms with Crippen molar-refractivity contribution in [3.8, 4) is 0 Å². The Morgan fingerprint density at radius 1 is 1.40 bits per heavy atom. The van der Waals surface area contributed by atoms with E-state index in [0.29, 0.717) is 0 Å². The first kappa shape index (κ1) is 14.3. The summed E-state index contributed by atoms with van der Waals surface area (Å²) in [4.78, 5) is 15.2. The lowest BCUT2D eigenvalue weighted by Gasteiger charge is -2.19. The number of nitrogens with one attached hydrogen (secondary N) is 1. The van der Waals surface area contributed by atoms with E-state index >= 15 is 0 Å². The van der Waals surface area contributed by atoms with Crippen LogP contribution in [-0.4, -0.2) is 33.3 Å². The Morgan fingerprint density at radius 2 is 2.15 bits per heavy atom. The number of aromatic nitrogens is 1. The van der Waals surface area contributed by atoms with Gasteiger partial charge in [-0.25, -0.2) is 4.79 Å². The van der Waals surface area contributed by atoms with Crippen molar-refractivity contribution in [2.75, 3.05) is 11.9 Å². The van der Waals surface area contributed by atoms with E-state index in [0.717, 1.165) is 23.0 Å². The molecule has 1 aromatic carbocycles. The summed E-state index contributed by atoms with van der Waals surface area (Å²) in [5.74, 6) is -1.25. The van der Waals surface area contributed by atoms with Crippen LogP contribution < -0.4 is 5.32 Å². The number of hydrogen-bond acceptors (Lipinski definition) is 4. The molecule has 1 heterocycles. The highest BCUT2D eigenvalue weighted by Gasteiger charge is 2.29. The standard InChI is InChI=1S/C15H18N2O3/c1-3-10-4-5-12-11(8-10)13(6-7-16-12)17-9-15(2,20)14(18)19/h4-8,20H,3,9H2,1-2H3,(H,16,17)(H,18,19). The van der Waals surface area contributed by atoms with Crippen LogP contribution in [0, 0.1) is 0 Å². The molecule has 2 rings (SSSR count). The number of anilines is 1. The molecule has 0 saturated carbocycles. The fourth-order valence-corrected chi connectivity index (χ4v) is 1.91. The number of aryl methyl sites for hydroxylation is 1. The highest BCUT2D eigenvalue weighted by atomic mass is 16.4. The number of benzene rings is 1. The van der Waals surface area contributed by atoms with Crippen molar-refractivity contribution < 1.29 is 15.0 Å². The van der Waals surface area contributed by atoms with Crippen LogP contribution in [0.5, 0.6) is 0 Å². The number of nitrogens with zero attached hydrogens (tertiary/aromatic N) is 1. The van der Waals surface area contributed by atoms with Gasteiger partial charge in [-0.2, -0.15) is 0 Å². The van der Waals surface area contributed by atoms with Gasteiger partial charge in [0.2, 0.25) is 0 Å². The van der Waals surface area contributed by atoms with Gasteiger partial charge >= 0.3 is 5.97 Å². The monoisotopic (exact) mass is 274 g/mol. The fraction of sp³-hybridized carbons (Fsp3) is 0.333. The third-order valence-electron chi connectivity index (χ3n) is 3.30. The molecule has 0 aliphatic heterocycles. The molecule has 3 N–H and O–H groups in total. The number of rotatable bonds is 5. The minimum absolute atomic E-state index is 0.0716. The molecule has 5 heteroatoms.